The molecule has 1 heterocycles. The topological polar surface area (TPSA) is 54.9 Å². The predicted molar refractivity (Wildman–Crippen MR) is 62.0 cm³/mol. The summed E-state index contributed by atoms with van der Waals surface area (Å²) in [5.41, 5.74) is 0.940. The van der Waals surface area contributed by atoms with E-state index in [1.165, 1.54) is 0 Å². The van der Waals surface area contributed by atoms with Crippen LogP contribution < -0.4 is 5.32 Å². The first-order chi connectivity index (χ1) is 7.20. The summed E-state index contributed by atoms with van der Waals surface area (Å²) in [4.78, 5) is 8.22. The van der Waals surface area contributed by atoms with Crippen LogP contribution in [-0.2, 0) is 10.8 Å². The molecule has 0 aliphatic rings. The molecule has 84 valence electrons. The van der Waals surface area contributed by atoms with Gasteiger partial charge in [-0.2, -0.15) is 0 Å². The maximum Gasteiger partial charge on any atom is 0.0753 e. The Kier molecular flexibility index (Phi) is 5.42. The highest BCUT2D eigenvalue weighted by Crippen LogP contribution is 2.05. The highest BCUT2D eigenvalue weighted by atomic mass is 32.2. The van der Waals surface area contributed by atoms with Gasteiger partial charge in [-0.1, -0.05) is 0 Å². The van der Waals surface area contributed by atoms with E-state index in [1.54, 1.807) is 24.8 Å². The molecule has 0 saturated carbocycles. The molecule has 0 saturated heterocycles. The van der Waals surface area contributed by atoms with Crippen molar-refractivity contribution in [3.63, 3.8) is 0 Å². The fourth-order valence-electron chi connectivity index (χ4n) is 1.23. The molecule has 0 bridgehead atoms. The molecule has 0 fully saturated rings. The van der Waals surface area contributed by atoms with Crippen LogP contribution in [0, 0.1) is 0 Å². The molecule has 15 heavy (non-hydrogen) atoms. The van der Waals surface area contributed by atoms with Crippen molar-refractivity contribution in [3.05, 3.63) is 24.3 Å². The second-order valence-corrected chi connectivity index (χ2v) is 4.99. The van der Waals surface area contributed by atoms with Gasteiger partial charge in [-0.15, -0.1) is 0 Å². The number of aromatic nitrogens is 2. The van der Waals surface area contributed by atoms with Crippen LogP contribution >= 0.6 is 0 Å². The van der Waals surface area contributed by atoms with E-state index in [2.05, 4.69) is 15.3 Å². The Morgan fingerprint density at radius 2 is 2.33 bits per heavy atom. The van der Waals surface area contributed by atoms with Gasteiger partial charge in [-0.25, -0.2) is 0 Å². The zero-order chi connectivity index (χ0) is 11.1. The van der Waals surface area contributed by atoms with Crippen molar-refractivity contribution in [1.82, 2.24) is 15.3 Å². The third kappa shape index (κ3) is 4.99. The van der Waals surface area contributed by atoms with Crippen molar-refractivity contribution in [2.75, 3.05) is 18.6 Å². The van der Waals surface area contributed by atoms with Crippen LogP contribution in [0.3, 0.4) is 0 Å². The summed E-state index contributed by atoms with van der Waals surface area (Å²) in [7, 11) is -0.693. The Hall–Kier alpha value is -0.810. The molecule has 0 aliphatic carbocycles. The SMILES string of the molecule is CC(NCCCS(C)=O)c1cnccn1. The van der Waals surface area contributed by atoms with Crippen molar-refractivity contribution >= 4 is 10.8 Å². The van der Waals surface area contributed by atoms with E-state index in [-0.39, 0.29) is 6.04 Å². The summed E-state index contributed by atoms with van der Waals surface area (Å²) in [5.74, 6) is 0.750. The lowest BCUT2D eigenvalue weighted by Gasteiger charge is -2.11. The number of hydrogen-bond donors (Lipinski definition) is 1. The number of nitrogens with zero attached hydrogens (tertiary/aromatic N) is 2. The highest BCUT2D eigenvalue weighted by molar-refractivity contribution is 7.84. The van der Waals surface area contributed by atoms with Gasteiger partial charge in [0.05, 0.1) is 5.69 Å². The average molecular weight is 227 g/mol. The smallest absolute Gasteiger partial charge is 0.0753 e. The van der Waals surface area contributed by atoms with Gasteiger partial charge in [0.2, 0.25) is 0 Å². The molecule has 4 nitrogen and oxygen atoms in total. The van der Waals surface area contributed by atoms with Crippen molar-refractivity contribution < 1.29 is 4.21 Å². The molecular weight excluding hydrogens is 210 g/mol. The molecule has 0 aromatic carbocycles. The minimum absolute atomic E-state index is 0.198. The minimum atomic E-state index is -0.693. The Morgan fingerprint density at radius 3 is 2.93 bits per heavy atom. The molecule has 5 heteroatoms. The van der Waals surface area contributed by atoms with E-state index in [0.29, 0.717) is 0 Å². The van der Waals surface area contributed by atoms with E-state index in [4.69, 9.17) is 0 Å². The van der Waals surface area contributed by atoms with Crippen LogP contribution in [0.25, 0.3) is 0 Å². The zero-order valence-electron chi connectivity index (χ0n) is 9.14. The molecule has 0 spiro atoms. The van der Waals surface area contributed by atoms with Gasteiger partial charge in [-0.05, 0) is 19.9 Å². The van der Waals surface area contributed by atoms with Crippen molar-refractivity contribution in [2.45, 2.75) is 19.4 Å². The third-order valence-corrected chi connectivity index (χ3v) is 2.95. The van der Waals surface area contributed by atoms with E-state index in [1.807, 2.05) is 6.92 Å². The average Bonchev–Trinajstić information content (AvgIpc) is 2.25. The van der Waals surface area contributed by atoms with Crippen molar-refractivity contribution in [2.24, 2.45) is 0 Å². The van der Waals surface area contributed by atoms with Gasteiger partial charge >= 0.3 is 0 Å². The summed E-state index contributed by atoms with van der Waals surface area (Å²) < 4.78 is 10.8. The lowest BCUT2D eigenvalue weighted by molar-refractivity contribution is 0.556. The van der Waals surface area contributed by atoms with Crippen molar-refractivity contribution in [3.8, 4) is 0 Å². The predicted octanol–water partition coefficient (Wildman–Crippen LogP) is 0.896. The molecule has 0 aliphatic heterocycles. The fraction of sp³-hybridized carbons (Fsp3) is 0.600. The zero-order valence-corrected chi connectivity index (χ0v) is 9.96. The standard InChI is InChI=1S/C10H17N3OS/c1-9(10-8-11-5-6-13-10)12-4-3-7-15(2)14/h5-6,8-9,12H,3-4,7H2,1-2H3. The van der Waals surface area contributed by atoms with Crippen molar-refractivity contribution in [1.29, 1.82) is 0 Å². The van der Waals surface area contributed by atoms with E-state index >= 15 is 0 Å². The Bertz CT molecular complexity index is 305. The summed E-state index contributed by atoms with van der Waals surface area (Å²) in [6.07, 6.45) is 7.76. The molecule has 2 atom stereocenters. The second-order valence-electron chi connectivity index (χ2n) is 3.44. The second kappa shape index (κ2) is 6.63. The summed E-state index contributed by atoms with van der Waals surface area (Å²) in [5, 5.41) is 3.32. The van der Waals surface area contributed by atoms with Crippen LogP contribution in [0.4, 0.5) is 0 Å². The Labute approximate surface area is 93.0 Å². The highest BCUT2D eigenvalue weighted by Gasteiger charge is 2.04. The third-order valence-electron chi connectivity index (χ3n) is 2.09. The van der Waals surface area contributed by atoms with E-state index < -0.39 is 10.8 Å². The number of nitrogens with one attached hydrogen (secondary N) is 1. The molecule has 1 aromatic rings. The van der Waals surface area contributed by atoms with Crippen LogP contribution in [-0.4, -0.2) is 32.7 Å². The quantitative estimate of drug-likeness (QED) is 0.734. The summed E-state index contributed by atoms with van der Waals surface area (Å²) >= 11 is 0. The van der Waals surface area contributed by atoms with Crippen LogP contribution in [0.2, 0.25) is 0 Å². The van der Waals surface area contributed by atoms with Crippen LogP contribution in [0.1, 0.15) is 25.1 Å². The normalized spacial score (nSPS) is 14.8. The lowest BCUT2D eigenvalue weighted by atomic mass is 10.2. The molecule has 2 unspecified atom stereocenters. The Morgan fingerprint density at radius 1 is 1.53 bits per heavy atom. The Balaban J connectivity index is 2.25. The van der Waals surface area contributed by atoms with Gasteiger partial charge in [0.1, 0.15) is 0 Å². The molecule has 0 radical (unpaired) electrons. The monoisotopic (exact) mass is 227 g/mol. The molecule has 1 rings (SSSR count). The van der Waals surface area contributed by atoms with Crippen LogP contribution in [0.5, 0.6) is 0 Å². The number of hydrogen-bond acceptors (Lipinski definition) is 4. The van der Waals surface area contributed by atoms with E-state index in [9.17, 15) is 4.21 Å². The maximum atomic E-state index is 10.8. The lowest BCUT2D eigenvalue weighted by Crippen LogP contribution is -2.22. The molecular formula is C10H17N3OS. The first-order valence-corrected chi connectivity index (χ1v) is 6.72. The summed E-state index contributed by atoms with van der Waals surface area (Å²) in [6.45, 7) is 2.91. The fourth-order valence-corrected chi connectivity index (χ4v) is 1.78. The van der Waals surface area contributed by atoms with Gasteiger partial charge in [-0.3, -0.25) is 14.2 Å². The van der Waals surface area contributed by atoms with Gasteiger partial charge in [0.15, 0.2) is 0 Å². The van der Waals surface area contributed by atoms with Gasteiger partial charge < -0.3 is 5.32 Å². The van der Waals surface area contributed by atoms with Gasteiger partial charge in [0, 0.05) is 47.4 Å². The van der Waals surface area contributed by atoms with Gasteiger partial charge in [0.25, 0.3) is 0 Å². The largest absolute Gasteiger partial charge is 0.309 e. The number of rotatable bonds is 6. The minimum Gasteiger partial charge on any atom is -0.309 e. The summed E-state index contributed by atoms with van der Waals surface area (Å²) in [6, 6.07) is 0.198. The first kappa shape index (κ1) is 12.3. The van der Waals surface area contributed by atoms with E-state index in [0.717, 1.165) is 24.4 Å². The molecule has 1 aromatic heterocycles. The molecule has 0 amide bonds. The molecule has 1 N–H and O–H groups in total. The maximum absolute atomic E-state index is 10.8. The first-order valence-electron chi connectivity index (χ1n) is 4.99. The van der Waals surface area contributed by atoms with Crippen LogP contribution in [0.15, 0.2) is 18.6 Å².